The Kier molecular flexibility index (Phi) is 22.9. The topological polar surface area (TPSA) is 171 Å². The lowest BCUT2D eigenvalue weighted by atomic mass is 10.0. The molecule has 0 aromatic rings. The van der Waals surface area contributed by atoms with Crippen molar-refractivity contribution in [3.8, 4) is 0 Å². The van der Waals surface area contributed by atoms with Gasteiger partial charge < -0.3 is 35.0 Å². The third-order valence-electron chi connectivity index (χ3n) is 6.83. The first kappa shape index (κ1) is 38.2. The molecule has 0 spiro atoms. The SMILES string of the molecule is CCCCCC(O)CC(O)CC(=O)OC(CCCCC)CC(O)CC(=O)OC(CC(=O)O)CC(O)CCCCC. The predicted molar refractivity (Wildman–Crippen MR) is 152 cm³/mol. The summed E-state index contributed by atoms with van der Waals surface area (Å²) in [7, 11) is 0. The molecule has 0 aliphatic heterocycles. The van der Waals surface area contributed by atoms with Gasteiger partial charge in [0, 0.05) is 12.8 Å². The van der Waals surface area contributed by atoms with Crippen LogP contribution in [0.25, 0.3) is 0 Å². The van der Waals surface area contributed by atoms with Crippen molar-refractivity contribution in [2.24, 2.45) is 0 Å². The van der Waals surface area contributed by atoms with Gasteiger partial charge in [0.1, 0.15) is 12.2 Å². The molecule has 236 valence electrons. The number of rotatable bonds is 26. The summed E-state index contributed by atoms with van der Waals surface area (Å²) in [6.45, 7) is 6.13. The fourth-order valence-electron chi connectivity index (χ4n) is 4.65. The summed E-state index contributed by atoms with van der Waals surface area (Å²) in [5.74, 6) is -2.58. The van der Waals surface area contributed by atoms with Crippen molar-refractivity contribution in [3.05, 3.63) is 0 Å². The van der Waals surface area contributed by atoms with Crippen LogP contribution in [0.3, 0.4) is 0 Å². The van der Waals surface area contributed by atoms with E-state index in [4.69, 9.17) is 14.6 Å². The van der Waals surface area contributed by atoms with E-state index in [-0.39, 0.29) is 25.7 Å². The minimum atomic E-state index is -1.18. The van der Waals surface area contributed by atoms with Gasteiger partial charge in [0.25, 0.3) is 0 Å². The number of hydrogen-bond donors (Lipinski definition) is 5. The van der Waals surface area contributed by atoms with Gasteiger partial charge in [-0.1, -0.05) is 72.1 Å². The smallest absolute Gasteiger partial charge is 0.308 e. The van der Waals surface area contributed by atoms with Crippen molar-refractivity contribution >= 4 is 17.9 Å². The van der Waals surface area contributed by atoms with Gasteiger partial charge in [-0.05, 0) is 32.1 Å². The highest BCUT2D eigenvalue weighted by atomic mass is 16.6. The molecule has 0 saturated carbocycles. The van der Waals surface area contributed by atoms with Crippen LogP contribution in [0, 0.1) is 0 Å². The standard InChI is InChI=1S/C30H56O10/c1-4-7-10-13-22(31)16-24(33)19-29(37)39-26(15-12-9-6-3)18-25(34)20-30(38)40-27(21-28(35)36)17-23(32)14-11-8-5-2/h22-27,31-34H,4-21H2,1-3H3,(H,35,36). The van der Waals surface area contributed by atoms with Gasteiger partial charge in [-0.2, -0.15) is 0 Å². The molecule has 0 amide bonds. The van der Waals surface area contributed by atoms with E-state index in [9.17, 15) is 34.8 Å². The maximum Gasteiger partial charge on any atom is 0.308 e. The summed E-state index contributed by atoms with van der Waals surface area (Å²) in [6.07, 6.45) is 3.28. The second-order valence-electron chi connectivity index (χ2n) is 11.0. The molecule has 6 unspecified atom stereocenters. The summed E-state index contributed by atoms with van der Waals surface area (Å²) in [4.78, 5) is 36.2. The normalized spacial score (nSPS) is 16.0. The fourth-order valence-corrected chi connectivity index (χ4v) is 4.65. The minimum absolute atomic E-state index is 0.00470. The fraction of sp³-hybridized carbons (Fsp3) is 0.900. The summed E-state index contributed by atoms with van der Waals surface area (Å²) in [5.41, 5.74) is 0. The Morgan fingerprint density at radius 1 is 0.525 bits per heavy atom. The summed E-state index contributed by atoms with van der Waals surface area (Å²) in [6, 6.07) is 0. The Bertz CT molecular complexity index is 671. The molecule has 0 aromatic heterocycles. The van der Waals surface area contributed by atoms with E-state index in [1.165, 1.54) is 0 Å². The van der Waals surface area contributed by atoms with E-state index in [1.54, 1.807) is 0 Å². The zero-order valence-corrected chi connectivity index (χ0v) is 25.0. The van der Waals surface area contributed by atoms with Crippen molar-refractivity contribution in [3.63, 3.8) is 0 Å². The molecule has 10 nitrogen and oxygen atoms in total. The van der Waals surface area contributed by atoms with Crippen LogP contribution in [0.4, 0.5) is 0 Å². The highest BCUT2D eigenvalue weighted by molar-refractivity contribution is 5.72. The Morgan fingerprint density at radius 2 is 0.925 bits per heavy atom. The average Bonchev–Trinajstić information content (AvgIpc) is 2.83. The molecule has 0 bridgehead atoms. The third-order valence-corrected chi connectivity index (χ3v) is 6.83. The Hall–Kier alpha value is -1.75. The van der Waals surface area contributed by atoms with Crippen LogP contribution >= 0.6 is 0 Å². The molecular weight excluding hydrogens is 520 g/mol. The van der Waals surface area contributed by atoms with E-state index >= 15 is 0 Å². The third kappa shape index (κ3) is 22.0. The molecule has 0 fully saturated rings. The van der Waals surface area contributed by atoms with E-state index in [2.05, 4.69) is 6.92 Å². The molecule has 40 heavy (non-hydrogen) atoms. The lowest BCUT2D eigenvalue weighted by Crippen LogP contribution is -2.30. The van der Waals surface area contributed by atoms with Gasteiger partial charge in [-0.3, -0.25) is 14.4 Å². The number of carboxylic acid groups (broad SMARTS) is 1. The number of aliphatic hydroxyl groups excluding tert-OH is 4. The number of carboxylic acids is 1. The van der Waals surface area contributed by atoms with Gasteiger partial charge in [0.2, 0.25) is 0 Å². The molecule has 0 heterocycles. The molecule has 0 rings (SSSR count). The van der Waals surface area contributed by atoms with Gasteiger partial charge in [0.05, 0.1) is 43.7 Å². The lowest BCUT2D eigenvalue weighted by molar-refractivity contribution is -0.157. The number of ether oxygens (including phenoxy) is 2. The quantitative estimate of drug-likeness (QED) is 0.0733. The Balaban J connectivity index is 4.87. The number of aliphatic hydroxyl groups is 4. The van der Waals surface area contributed by atoms with Crippen molar-refractivity contribution in [1.29, 1.82) is 0 Å². The number of aliphatic carboxylic acids is 1. The maximum absolute atomic E-state index is 12.5. The maximum atomic E-state index is 12.5. The van der Waals surface area contributed by atoms with Crippen LogP contribution < -0.4 is 0 Å². The summed E-state index contributed by atoms with van der Waals surface area (Å²) >= 11 is 0. The van der Waals surface area contributed by atoms with Gasteiger partial charge in [-0.25, -0.2) is 0 Å². The van der Waals surface area contributed by atoms with Gasteiger partial charge >= 0.3 is 17.9 Å². The van der Waals surface area contributed by atoms with Crippen molar-refractivity contribution in [2.75, 3.05) is 0 Å². The molecule has 5 N–H and O–H groups in total. The number of carbonyl (C=O) groups is 3. The minimum Gasteiger partial charge on any atom is -0.481 e. The first-order valence-corrected chi connectivity index (χ1v) is 15.3. The largest absolute Gasteiger partial charge is 0.481 e. The molecule has 0 aliphatic carbocycles. The lowest BCUT2D eigenvalue weighted by Gasteiger charge is -2.23. The van der Waals surface area contributed by atoms with E-state index in [0.29, 0.717) is 19.3 Å². The van der Waals surface area contributed by atoms with E-state index < -0.39 is 67.4 Å². The molecule has 10 heteroatoms. The summed E-state index contributed by atoms with van der Waals surface area (Å²) in [5, 5.41) is 50.2. The number of esters is 2. The van der Waals surface area contributed by atoms with Crippen LogP contribution in [0.5, 0.6) is 0 Å². The Morgan fingerprint density at radius 3 is 1.40 bits per heavy atom. The van der Waals surface area contributed by atoms with Crippen molar-refractivity contribution in [1.82, 2.24) is 0 Å². The van der Waals surface area contributed by atoms with Crippen LogP contribution in [0.15, 0.2) is 0 Å². The molecule has 6 atom stereocenters. The number of carbonyl (C=O) groups excluding carboxylic acids is 2. The van der Waals surface area contributed by atoms with Crippen LogP contribution in [-0.4, -0.2) is 80.1 Å². The second-order valence-corrected chi connectivity index (χ2v) is 11.0. The van der Waals surface area contributed by atoms with Crippen LogP contribution in [-0.2, 0) is 23.9 Å². The first-order valence-electron chi connectivity index (χ1n) is 15.3. The van der Waals surface area contributed by atoms with E-state index in [1.807, 2.05) is 13.8 Å². The monoisotopic (exact) mass is 576 g/mol. The molecular formula is C30H56O10. The zero-order valence-electron chi connectivity index (χ0n) is 25.0. The van der Waals surface area contributed by atoms with Crippen molar-refractivity contribution < 1.29 is 49.4 Å². The first-order chi connectivity index (χ1) is 19.0. The predicted octanol–water partition coefficient (Wildman–Crippen LogP) is 4.42. The molecule has 0 radical (unpaired) electrons. The van der Waals surface area contributed by atoms with Crippen LogP contribution in [0.1, 0.15) is 136 Å². The van der Waals surface area contributed by atoms with Crippen LogP contribution in [0.2, 0.25) is 0 Å². The number of hydrogen-bond acceptors (Lipinski definition) is 9. The van der Waals surface area contributed by atoms with E-state index in [0.717, 1.165) is 57.8 Å². The van der Waals surface area contributed by atoms with Crippen molar-refractivity contribution in [2.45, 2.75) is 173 Å². The van der Waals surface area contributed by atoms with Gasteiger partial charge in [0.15, 0.2) is 0 Å². The van der Waals surface area contributed by atoms with Gasteiger partial charge in [-0.15, -0.1) is 0 Å². The zero-order chi connectivity index (χ0) is 30.3. The Labute approximate surface area is 240 Å². The molecule has 0 aromatic carbocycles. The number of unbranched alkanes of at least 4 members (excludes halogenated alkanes) is 6. The second kappa shape index (κ2) is 23.9. The average molecular weight is 577 g/mol. The highest BCUT2D eigenvalue weighted by Gasteiger charge is 2.26. The molecule has 0 saturated heterocycles. The molecule has 0 aliphatic rings. The highest BCUT2D eigenvalue weighted by Crippen LogP contribution is 2.19. The summed E-state index contributed by atoms with van der Waals surface area (Å²) < 4.78 is 10.8.